The van der Waals surface area contributed by atoms with E-state index in [1.54, 1.807) is 0 Å². The fourth-order valence-corrected chi connectivity index (χ4v) is 3.08. The van der Waals surface area contributed by atoms with E-state index in [0.717, 1.165) is 31.2 Å². The van der Waals surface area contributed by atoms with Crippen LogP contribution >= 0.6 is 11.6 Å². The van der Waals surface area contributed by atoms with E-state index in [9.17, 15) is 0 Å². The van der Waals surface area contributed by atoms with Gasteiger partial charge in [0.05, 0.1) is 12.2 Å². The van der Waals surface area contributed by atoms with Crippen LogP contribution in [0.1, 0.15) is 31.7 Å². The smallest absolute Gasteiger partial charge is 0.0707 e. The second kappa shape index (κ2) is 8.74. The molecule has 1 N–H and O–H groups in total. The van der Waals surface area contributed by atoms with E-state index in [0.29, 0.717) is 12.2 Å². The summed E-state index contributed by atoms with van der Waals surface area (Å²) in [6.07, 6.45) is 4.27. The van der Waals surface area contributed by atoms with Crippen LogP contribution in [0.4, 0.5) is 0 Å². The van der Waals surface area contributed by atoms with Gasteiger partial charge in [-0.1, -0.05) is 30.7 Å². The van der Waals surface area contributed by atoms with Gasteiger partial charge in [0.1, 0.15) is 0 Å². The molecule has 1 aliphatic heterocycles. The van der Waals surface area contributed by atoms with Crippen molar-refractivity contribution in [3.63, 3.8) is 0 Å². The van der Waals surface area contributed by atoms with E-state index in [-0.39, 0.29) is 0 Å². The maximum absolute atomic E-state index is 6.11. The Bertz CT molecular complexity index is 427. The van der Waals surface area contributed by atoms with E-state index >= 15 is 0 Å². The third kappa shape index (κ3) is 5.95. The number of rotatable bonds is 8. The molecule has 2 rings (SSSR count). The molecule has 1 aromatic rings. The Morgan fingerprint density at radius 1 is 1.33 bits per heavy atom. The van der Waals surface area contributed by atoms with Gasteiger partial charge in [-0.15, -0.1) is 0 Å². The minimum Gasteiger partial charge on any atom is -0.372 e. The SMILES string of the molecule is CCCNCC1CCC(CN(C)Cc2cccc(Cl)c2)O1. The molecule has 0 aliphatic carbocycles. The number of benzene rings is 1. The average Bonchev–Trinajstić information content (AvgIpc) is 2.86. The summed E-state index contributed by atoms with van der Waals surface area (Å²) < 4.78 is 6.11. The minimum atomic E-state index is 0.364. The Morgan fingerprint density at radius 2 is 2.14 bits per heavy atom. The summed E-state index contributed by atoms with van der Waals surface area (Å²) in [5.74, 6) is 0. The van der Waals surface area contributed by atoms with Gasteiger partial charge in [-0.2, -0.15) is 0 Å². The Morgan fingerprint density at radius 3 is 2.90 bits per heavy atom. The van der Waals surface area contributed by atoms with Crippen molar-refractivity contribution >= 4 is 11.6 Å². The number of nitrogens with zero attached hydrogens (tertiary/aromatic N) is 1. The Balaban J connectivity index is 1.70. The van der Waals surface area contributed by atoms with Gasteiger partial charge >= 0.3 is 0 Å². The third-order valence-corrected chi connectivity index (χ3v) is 4.09. The first-order valence-electron chi connectivity index (χ1n) is 7.96. The van der Waals surface area contributed by atoms with E-state index in [4.69, 9.17) is 16.3 Å². The van der Waals surface area contributed by atoms with Gasteiger partial charge in [-0.25, -0.2) is 0 Å². The summed E-state index contributed by atoms with van der Waals surface area (Å²) >= 11 is 6.03. The lowest BCUT2D eigenvalue weighted by Gasteiger charge is -2.21. The highest BCUT2D eigenvalue weighted by Crippen LogP contribution is 2.20. The van der Waals surface area contributed by atoms with Crippen LogP contribution in [0.3, 0.4) is 0 Å². The van der Waals surface area contributed by atoms with Gasteiger partial charge in [-0.05, 0) is 50.6 Å². The van der Waals surface area contributed by atoms with Crippen LogP contribution in [-0.4, -0.2) is 43.8 Å². The molecule has 0 radical (unpaired) electrons. The van der Waals surface area contributed by atoms with Gasteiger partial charge < -0.3 is 10.1 Å². The van der Waals surface area contributed by atoms with E-state index in [2.05, 4.69) is 30.3 Å². The molecule has 0 spiro atoms. The Kier molecular flexibility index (Phi) is 6.97. The maximum Gasteiger partial charge on any atom is 0.0707 e. The molecule has 0 bridgehead atoms. The van der Waals surface area contributed by atoms with E-state index < -0.39 is 0 Å². The molecule has 1 heterocycles. The fraction of sp³-hybridized carbons (Fsp3) is 0.647. The summed E-state index contributed by atoms with van der Waals surface area (Å²) in [4.78, 5) is 2.32. The van der Waals surface area contributed by atoms with Crippen LogP contribution in [0.2, 0.25) is 5.02 Å². The molecule has 2 unspecified atom stereocenters. The third-order valence-electron chi connectivity index (χ3n) is 3.85. The molecule has 21 heavy (non-hydrogen) atoms. The van der Waals surface area contributed by atoms with Crippen LogP contribution in [-0.2, 0) is 11.3 Å². The lowest BCUT2D eigenvalue weighted by molar-refractivity contribution is 0.0268. The molecule has 1 aliphatic rings. The zero-order valence-corrected chi connectivity index (χ0v) is 13.9. The molecule has 0 amide bonds. The lowest BCUT2D eigenvalue weighted by atomic mass is 10.1. The molecule has 0 aromatic heterocycles. The molecule has 1 aromatic carbocycles. The summed E-state index contributed by atoms with van der Waals surface area (Å²) in [6, 6.07) is 8.08. The van der Waals surface area contributed by atoms with Gasteiger partial charge in [-0.3, -0.25) is 4.90 Å². The van der Waals surface area contributed by atoms with Crippen LogP contribution in [0.15, 0.2) is 24.3 Å². The lowest BCUT2D eigenvalue weighted by Crippen LogP contribution is -2.31. The Labute approximate surface area is 133 Å². The van der Waals surface area contributed by atoms with Crippen LogP contribution < -0.4 is 5.32 Å². The highest BCUT2D eigenvalue weighted by Gasteiger charge is 2.25. The molecular weight excluding hydrogens is 284 g/mol. The van der Waals surface area contributed by atoms with Gasteiger partial charge in [0, 0.05) is 24.7 Å². The van der Waals surface area contributed by atoms with E-state index in [1.165, 1.54) is 24.8 Å². The first-order chi connectivity index (χ1) is 10.2. The summed E-state index contributed by atoms with van der Waals surface area (Å²) in [6.45, 7) is 6.16. The van der Waals surface area contributed by atoms with Crippen LogP contribution in [0, 0.1) is 0 Å². The minimum absolute atomic E-state index is 0.364. The normalized spacial score (nSPS) is 22.1. The van der Waals surface area contributed by atoms with Crippen molar-refractivity contribution in [2.45, 2.75) is 44.9 Å². The second-order valence-corrected chi connectivity index (χ2v) is 6.42. The zero-order chi connectivity index (χ0) is 15.1. The predicted molar refractivity (Wildman–Crippen MR) is 88.8 cm³/mol. The zero-order valence-electron chi connectivity index (χ0n) is 13.1. The van der Waals surface area contributed by atoms with E-state index in [1.807, 2.05) is 18.2 Å². The monoisotopic (exact) mass is 310 g/mol. The number of likely N-dealkylation sites (N-methyl/N-ethyl adjacent to an activating group) is 1. The average molecular weight is 311 g/mol. The van der Waals surface area contributed by atoms with Crippen molar-refractivity contribution in [2.75, 3.05) is 26.7 Å². The van der Waals surface area contributed by atoms with Crippen molar-refractivity contribution in [2.24, 2.45) is 0 Å². The van der Waals surface area contributed by atoms with Gasteiger partial charge in [0.25, 0.3) is 0 Å². The molecule has 3 nitrogen and oxygen atoms in total. The van der Waals surface area contributed by atoms with Gasteiger partial charge in [0.15, 0.2) is 0 Å². The summed E-state index contributed by atoms with van der Waals surface area (Å²) in [5.41, 5.74) is 1.25. The number of halogens is 1. The van der Waals surface area contributed by atoms with Crippen molar-refractivity contribution in [3.8, 4) is 0 Å². The largest absolute Gasteiger partial charge is 0.372 e. The van der Waals surface area contributed by atoms with Crippen molar-refractivity contribution < 1.29 is 4.74 Å². The molecule has 4 heteroatoms. The van der Waals surface area contributed by atoms with Crippen molar-refractivity contribution in [1.29, 1.82) is 0 Å². The molecule has 118 valence electrons. The standard InChI is InChI=1S/C17H27ClN2O/c1-3-9-19-11-16-7-8-17(21-16)13-20(2)12-14-5-4-6-15(18)10-14/h4-6,10,16-17,19H,3,7-9,11-13H2,1-2H3. The fourth-order valence-electron chi connectivity index (χ4n) is 2.86. The quantitative estimate of drug-likeness (QED) is 0.746. The van der Waals surface area contributed by atoms with Crippen molar-refractivity contribution in [1.82, 2.24) is 10.2 Å². The van der Waals surface area contributed by atoms with Crippen LogP contribution in [0.25, 0.3) is 0 Å². The summed E-state index contributed by atoms with van der Waals surface area (Å²) in [7, 11) is 2.15. The van der Waals surface area contributed by atoms with Crippen molar-refractivity contribution in [3.05, 3.63) is 34.9 Å². The highest BCUT2D eigenvalue weighted by atomic mass is 35.5. The number of ether oxygens (including phenoxy) is 1. The Hall–Kier alpha value is -0.610. The molecule has 0 saturated carbocycles. The molecule has 1 fully saturated rings. The first-order valence-corrected chi connectivity index (χ1v) is 8.34. The molecule has 2 atom stereocenters. The molecule has 1 saturated heterocycles. The predicted octanol–water partition coefficient (Wildman–Crippen LogP) is 3.32. The molecular formula is C17H27ClN2O. The second-order valence-electron chi connectivity index (χ2n) is 5.99. The number of nitrogens with one attached hydrogen (secondary N) is 1. The highest BCUT2D eigenvalue weighted by molar-refractivity contribution is 6.30. The number of hydrogen-bond acceptors (Lipinski definition) is 3. The van der Waals surface area contributed by atoms with Gasteiger partial charge in [0.2, 0.25) is 0 Å². The first kappa shape index (κ1) is 16.8. The number of hydrogen-bond donors (Lipinski definition) is 1. The summed E-state index contributed by atoms with van der Waals surface area (Å²) in [5, 5.41) is 4.25. The topological polar surface area (TPSA) is 24.5 Å². The maximum atomic E-state index is 6.11. The van der Waals surface area contributed by atoms with Crippen LogP contribution in [0.5, 0.6) is 0 Å².